The van der Waals surface area contributed by atoms with Crippen LogP contribution in [0.1, 0.15) is 5.56 Å². The molecule has 4 aromatic rings. The first-order valence-electron chi connectivity index (χ1n) is 10.8. The fourth-order valence-corrected chi connectivity index (χ4v) is 4.69. The third kappa shape index (κ3) is 4.48. The summed E-state index contributed by atoms with van der Waals surface area (Å²) in [5.41, 5.74) is 3.26. The number of benzene rings is 2. The van der Waals surface area contributed by atoms with Gasteiger partial charge in [0.15, 0.2) is 10.5 Å². The van der Waals surface area contributed by atoms with E-state index in [9.17, 15) is 17.7 Å². The lowest BCUT2D eigenvalue weighted by atomic mass is 10.0. The van der Waals surface area contributed by atoms with Crippen LogP contribution in [0.4, 0.5) is 18.9 Å². The van der Waals surface area contributed by atoms with Crippen LogP contribution in [0, 0.1) is 0 Å². The molecular weight excluding hydrogens is 463 g/mol. The smallest absolute Gasteiger partial charge is 0.416 e. The number of piperazine rings is 1. The van der Waals surface area contributed by atoms with Crippen LogP contribution in [-0.2, 0) is 17.4 Å². The Morgan fingerprint density at radius 3 is 2.38 bits per heavy atom. The van der Waals surface area contributed by atoms with Crippen LogP contribution >= 0.6 is 0 Å². The van der Waals surface area contributed by atoms with E-state index in [-0.39, 0.29) is 10.5 Å². The number of alkyl halides is 3. The molecule has 0 saturated carbocycles. The summed E-state index contributed by atoms with van der Waals surface area (Å²) in [7, 11) is 0. The standard InChI is InChI=1S/C24H22F3N5OS/c1-34(33)21-11-17(10-19(12-21)24(25,26)27)22-14-30-32-15-18(13-29-23(22)32)16-2-4-20(5-3-16)31-8-6-28-7-9-31/h2-5,10-15,28H,6-9H2,1H3. The normalized spacial score (nSPS) is 15.6. The number of fused-ring (bicyclic) bond motifs is 1. The lowest BCUT2D eigenvalue weighted by Crippen LogP contribution is -2.43. The maximum atomic E-state index is 13.4. The number of rotatable bonds is 4. The van der Waals surface area contributed by atoms with Gasteiger partial charge in [0.2, 0.25) is 0 Å². The van der Waals surface area contributed by atoms with Crippen LogP contribution in [0.3, 0.4) is 0 Å². The van der Waals surface area contributed by atoms with E-state index in [1.807, 2.05) is 12.1 Å². The second-order valence-corrected chi connectivity index (χ2v) is 9.53. The predicted octanol–water partition coefficient (Wildman–Crippen LogP) is 4.23. The fraction of sp³-hybridized carbons (Fsp3) is 0.250. The van der Waals surface area contributed by atoms with E-state index in [0.717, 1.165) is 55.1 Å². The van der Waals surface area contributed by atoms with E-state index in [1.54, 1.807) is 16.9 Å². The van der Waals surface area contributed by atoms with Crippen molar-refractivity contribution in [2.75, 3.05) is 37.3 Å². The molecule has 34 heavy (non-hydrogen) atoms. The van der Waals surface area contributed by atoms with E-state index in [4.69, 9.17) is 0 Å². The number of aromatic nitrogens is 3. The first-order chi connectivity index (χ1) is 16.3. The van der Waals surface area contributed by atoms with Crippen molar-refractivity contribution < 1.29 is 17.7 Å². The highest BCUT2D eigenvalue weighted by Gasteiger charge is 2.32. The van der Waals surface area contributed by atoms with E-state index in [0.29, 0.717) is 11.2 Å². The molecule has 0 aliphatic carbocycles. The summed E-state index contributed by atoms with van der Waals surface area (Å²) in [5, 5.41) is 7.66. The third-order valence-corrected chi connectivity index (χ3v) is 6.82. The van der Waals surface area contributed by atoms with Crippen molar-refractivity contribution in [1.29, 1.82) is 0 Å². The van der Waals surface area contributed by atoms with E-state index in [2.05, 4.69) is 32.4 Å². The van der Waals surface area contributed by atoms with Crippen molar-refractivity contribution in [1.82, 2.24) is 19.9 Å². The van der Waals surface area contributed by atoms with Crippen molar-refractivity contribution in [3.63, 3.8) is 0 Å². The molecule has 2 aromatic heterocycles. The molecule has 1 N–H and O–H groups in total. The largest absolute Gasteiger partial charge is 0.612 e. The topological polar surface area (TPSA) is 68.5 Å². The Labute approximate surface area is 197 Å². The van der Waals surface area contributed by atoms with Crippen LogP contribution in [0.15, 0.2) is 66.0 Å². The summed E-state index contributed by atoms with van der Waals surface area (Å²) < 4.78 is 53.7. The van der Waals surface area contributed by atoms with Crippen molar-refractivity contribution in [2.45, 2.75) is 11.1 Å². The molecule has 0 amide bonds. The van der Waals surface area contributed by atoms with Gasteiger partial charge in [0.1, 0.15) is 6.26 Å². The first-order valence-corrected chi connectivity index (χ1v) is 12.3. The maximum absolute atomic E-state index is 13.4. The number of anilines is 1. The Hall–Kier alpha value is -3.08. The molecular formula is C24H22F3N5OS. The van der Waals surface area contributed by atoms with E-state index >= 15 is 0 Å². The molecule has 2 aromatic carbocycles. The minimum Gasteiger partial charge on any atom is -0.612 e. The molecule has 1 aliphatic heterocycles. The highest BCUT2D eigenvalue weighted by molar-refractivity contribution is 7.90. The van der Waals surface area contributed by atoms with Gasteiger partial charge in [-0.2, -0.15) is 18.3 Å². The highest BCUT2D eigenvalue weighted by atomic mass is 32.2. The zero-order valence-corrected chi connectivity index (χ0v) is 19.2. The van der Waals surface area contributed by atoms with Crippen molar-refractivity contribution in [2.24, 2.45) is 0 Å². The Bertz CT molecular complexity index is 1310. The molecule has 1 atom stereocenters. The van der Waals surface area contributed by atoms with Crippen LogP contribution in [-0.4, -0.2) is 51.6 Å². The summed E-state index contributed by atoms with van der Waals surface area (Å²) in [5.74, 6) is 0. The molecule has 1 aliphatic rings. The van der Waals surface area contributed by atoms with E-state index in [1.165, 1.54) is 18.5 Å². The van der Waals surface area contributed by atoms with Crippen LogP contribution in [0.25, 0.3) is 27.9 Å². The number of nitrogens with zero attached hydrogens (tertiary/aromatic N) is 4. The summed E-state index contributed by atoms with van der Waals surface area (Å²) in [4.78, 5) is 6.93. The van der Waals surface area contributed by atoms with Gasteiger partial charge in [0, 0.05) is 67.5 Å². The van der Waals surface area contributed by atoms with Crippen molar-refractivity contribution >= 4 is 22.5 Å². The number of halogens is 3. The molecule has 5 rings (SSSR count). The van der Waals surface area contributed by atoms with Gasteiger partial charge < -0.3 is 14.8 Å². The van der Waals surface area contributed by atoms with Gasteiger partial charge in [-0.25, -0.2) is 9.50 Å². The summed E-state index contributed by atoms with van der Waals surface area (Å²) in [6.07, 6.45) is 1.78. The molecule has 1 saturated heterocycles. The van der Waals surface area contributed by atoms with Gasteiger partial charge in [0.25, 0.3) is 0 Å². The molecule has 0 bridgehead atoms. The molecule has 0 spiro atoms. The molecule has 1 fully saturated rings. The summed E-state index contributed by atoms with van der Waals surface area (Å²) in [6, 6.07) is 11.7. The number of hydrogen-bond acceptors (Lipinski definition) is 5. The fourth-order valence-electron chi connectivity index (χ4n) is 4.10. The lowest BCUT2D eigenvalue weighted by Gasteiger charge is -2.29. The highest BCUT2D eigenvalue weighted by Crippen LogP contribution is 2.35. The molecule has 1 unspecified atom stereocenters. The van der Waals surface area contributed by atoms with Crippen LogP contribution < -0.4 is 10.2 Å². The average molecular weight is 486 g/mol. The second-order valence-electron chi connectivity index (χ2n) is 8.15. The summed E-state index contributed by atoms with van der Waals surface area (Å²) in [6.45, 7) is 3.86. The van der Waals surface area contributed by atoms with Gasteiger partial charge in [-0.3, -0.25) is 0 Å². The molecule has 0 radical (unpaired) electrons. The zero-order chi connectivity index (χ0) is 23.9. The molecule has 10 heteroatoms. The third-order valence-electron chi connectivity index (χ3n) is 5.92. The van der Waals surface area contributed by atoms with Gasteiger partial charge in [-0.05, 0) is 40.5 Å². The Morgan fingerprint density at radius 1 is 0.971 bits per heavy atom. The van der Waals surface area contributed by atoms with Gasteiger partial charge in [-0.15, -0.1) is 0 Å². The Kier molecular flexibility index (Phi) is 5.97. The zero-order valence-electron chi connectivity index (χ0n) is 18.3. The quantitative estimate of drug-likeness (QED) is 0.438. The SMILES string of the molecule is C[S+]([O-])c1cc(-c2cnn3cc(-c4ccc(N5CCNCC5)cc4)cnc23)cc(C(F)(F)F)c1. The first kappa shape index (κ1) is 22.7. The van der Waals surface area contributed by atoms with Gasteiger partial charge in [-0.1, -0.05) is 12.1 Å². The maximum Gasteiger partial charge on any atom is 0.416 e. The average Bonchev–Trinajstić information content (AvgIpc) is 3.27. The van der Waals surface area contributed by atoms with Crippen molar-refractivity contribution in [3.8, 4) is 22.3 Å². The molecule has 6 nitrogen and oxygen atoms in total. The second kappa shape index (κ2) is 8.94. The van der Waals surface area contributed by atoms with Crippen LogP contribution in [0.5, 0.6) is 0 Å². The number of hydrogen-bond donors (Lipinski definition) is 1. The summed E-state index contributed by atoms with van der Waals surface area (Å²) >= 11 is -1.57. The Balaban J connectivity index is 1.48. The predicted molar refractivity (Wildman–Crippen MR) is 126 cm³/mol. The Morgan fingerprint density at radius 2 is 1.71 bits per heavy atom. The molecule has 3 heterocycles. The van der Waals surface area contributed by atoms with Gasteiger partial charge >= 0.3 is 6.18 Å². The minimum absolute atomic E-state index is 0.102. The van der Waals surface area contributed by atoms with Gasteiger partial charge in [0.05, 0.1) is 11.8 Å². The van der Waals surface area contributed by atoms with Crippen molar-refractivity contribution in [3.05, 3.63) is 66.6 Å². The molecule has 176 valence electrons. The van der Waals surface area contributed by atoms with Crippen LogP contribution in [0.2, 0.25) is 0 Å². The minimum atomic E-state index is -4.55. The monoisotopic (exact) mass is 485 g/mol. The lowest BCUT2D eigenvalue weighted by molar-refractivity contribution is -0.137. The number of nitrogens with one attached hydrogen (secondary N) is 1. The van der Waals surface area contributed by atoms with E-state index < -0.39 is 22.9 Å².